The van der Waals surface area contributed by atoms with Crippen molar-refractivity contribution < 1.29 is 0 Å². The topological polar surface area (TPSA) is 63.6 Å². The maximum Gasteiger partial charge on any atom is 0.181 e. The zero-order valence-corrected chi connectivity index (χ0v) is 13.5. The molecule has 1 saturated carbocycles. The first-order valence-corrected chi connectivity index (χ1v) is 8.03. The molecule has 1 fully saturated rings. The highest BCUT2D eigenvalue weighted by molar-refractivity contribution is 6.41. The first-order valence-electron chi connectivity index (χ1n) is 8.03. The van der Waals surface area contributed by atoms with Crippen molar-refractivity contribution in [3.63, 3.8) is 0 Å². The minimum absolute atomic E-state index is 0.462. The van der Waals surface area contributed by atoms with E-state index in [1.807, 2.05) is 19.3 Å². The maximum absolute atomic E-state index is 6.03. The predicted octanol–water partition coefficient (Wildman–Crippen LogP) is 3.45. The summed E-state index contributed by atoms with van der Waals surface area (Å²) in [7, 11) is 0. The summed E-state index contributed by atoms with van der Waals surface area (Å²) < 4.78 is 0. The van der Waals surface area contributed by atoms with Crippen molar-refractivity contribution in [1.29, 1.82) is 0 Å². The van der Waals surface area contributed by atoms with E-state index in [4.69, 9.17) is 15.7 Å². The molecule has 1 atom stereocenters. The van der Waals surface area contributed by atoms with Gasteiger partial charge in [0, 0.05) is 29.4 Å². The number of pyridine rings is 1. The Bertz CT molecular complexity index is 813. The standard InChI is InChI=1S/C19H20N4/c1-12-8-15(11-21-10-12)14-4-3-5-17(9-14)19(16-6-7-16)22-13(2)18(20)23-19/h3-5,8-11,16H,6-7H2,1-2H3,(H2,20,23). The summed E-state index contributed by atoms with van der Waals surface area (Å²) in [6, 6.07) is 10.6. The van der Waals surface area contributed by atoms with Crippen molar-refractivity contribution in [2.45, 2.75) is 32.4 Å². The van der Waals surface area contributed by atoms with Gasteiger partial charge in [-0.15, -0.1) is 0 Å². The summed E-state index contributed by atoms with van der Waals surface area (Å²) in [6.45, 7) is 4.00. The molecule has 2 N–H and O–H groups in total. The highest BCUT2D eigenvalue weighted by Crippen LogP contribution is 2.51. The number of hydrogen-bond acceptors (Lipinski definition) is 4. The van der Waals surface area contributed by atoms with Crippen LogP contribution in [-0.2, 0) is 5.66 Å². The normalized spacial score (nSPS) is 23.6. The van der Waals surface area contributed by atoms with Crippen LogP contribution in [0.15, 0.2) is 52.7 Å². The number of nitrogens with two attached hydrogens (primary N) is 1. The van der Waals surface area contributed by atoms with Gasteiger partial charge in [0.25, 0.3) is 0 Å². The predicted molar refractivity (Wildman–Crippen MR) is 93.5 cm³/mol. The molecule has 4 heteroatoms. The SMILES string of the molecule is CC1=NC(c2cccc(-c3cncc(C)c3)c2)(C2CC2)N=C1N. The van der Waals surface area contributed by atoms with Gasteiger partial charge < -0.3 is 5.73 Å². The molecule has 2 aromatic rings. The Balaban J connectivity index is 1.82. The third kappa shape index (κ3) is 2.34. The second-order valence-electron chi connectivity index (χ2n) is 6.53. The van der Waals surface area contributed by atoms with Crippen LogP contribution in [0.2, 0.25) is 0 Å². The molecule has 0 amide bonds. The summed E-state index contributed by atoms with van der Waals surface area (Å²) in [5.41, 5.74) is 10.9. The molecule has 23 heavy (non-hydrogen) atoms. The number of hydrogen-bond donors (Lipinski definition) is 1. The van der Waals surface area contributed by atoms with Crippen molar-refractivity contribution >= 4 is 11.5 Å². The van der Waals surface area contributed by atoms with Crippen molar-refractivity contribution in [3.05, 3.63) is 53.9 Å². The van der Waals surface area contributed by atoms with E-state index in [0.717, 1.165) is 40.8 Å². The number of amidine groups is 1. The quantitative estimate of drug-likeness (QED) is 0.944. The summed E-state index contributed by atoms with van der Waals surface area (Å²) in [6.07, 6.45) is 6.08. The lowest BCUT2D eigenvalue weighted by molar-refractivity contribution is 0.417. The van der Waals surface area contributed by atoms with Crippen LogP contribution in [0.1, 0.15) is 30.9 Å². The molecule has 0 spiro atoms. The third-order valence-corrected chi connectivity index (χ3v) is 4.64. The van der Waals surface area contributed by atoms with Gasteiger partial charge in [-0.05, 0) is 49.9 Å². The Kier molecular flexibility index (Phi) is 3.08. The van der Waals surface area contributed by atoms with E-state index in [9.17, 15) is 0 Å². The van der Waals surface area contributed by atoms with E-state index < -0.39 is 5.66 Å². The summed E-state index contributed by atoms with van der Waals surface area (Å²) in [4.78, 5) is 13.9. The largest absolute Gasteiger partial charge is 0.382 e. The maximum atomic E-state index is 6.03. The Morgan fingerprint density at radius 2 is 1.87 bits per heavy atom. The fraction of sp³-hybridized carbons (Fsp3) is 0.316. The van der Waals surface area contributed by atoms with Crippen LogP contribution in [0.25, 0.3) is 11.1 Å². The lowest BCUT2D eigenvalue weighted by Gasteiger charge is -2.24. The summed E-state index contributed by atoms with van der Waals surface area (Å²) in [5, 5.41) is 0. The molecule has 1 aromatic carbocycles. The number of rotatable bonds is 3. The molecule has 1 unspecified atom stereocenters. The van der Waals surface area contributed by atoms with Gasteiger partial charge in [-0.3, -0.25) is 9.98 Å². The van der Waals surface area contributed by atoms with Gasteiger partial charge in [0.1, 0.15) is 5.84 Å². The van der Waals surface area contributed by atoms with Crippen molar-refractivity contribution in [2.24, 2.45) is 21.6 Å². The number of nitrogens with zero attached hydrogens (tertiary/aromatic N) is 3. The number of benzene rings is 1. The molecule has 4 nitrogen and oxygen atoms in total. The van der Waals surface area contributed by atoms with Gasteiger partial charge >= 0.3 is 0 Å². The molecule has 4 rings (SSSR count). The van der Waals surface area contributed by atoms with Crippen LogP contribution >= 0.6 is 0 Å². The molecule has 2 aliphatic rings. The Labute approximate surface area is 136 Å². The second-order valence-corrected chi connectivity index (χ2v) is 6.53. The van der Waals surface area contributed by atoms with E-state index in [1.165, 1.54) is 0 Å². The van der Waals surface area contributed by atoms with Gasteiger partial charge in [0.2, 0.25) is 0 Å². The third-order valence-electron chi connectivity index (χ3n) is 4.64. The van der Waals surface area contributed by atoms with Crippen LogP contribution in [0.4, 0.5) is 0 Å². The van der Waals surface area contributed by atoms with Crippen molar-refractivity contribution in [1.82, 2.24) is 4.98 Å². The molecular formula is C19H20N4. The molecule has 1 aromatic heterocycles. The first kappa shape index (κ1) is 14.1. The number of aryl methyl sites for hydroxylation is 1. The van der Waals surface area contributed by atoms with E-state index in [0.29, 0.717) is 11.8 Å². The molecule has 1 aliphatic carbocycles. The van der Waals surface area contributed by atoms with Gasteiger partial charge in [-0.25, -0.2) is 4.99 Å². The van der Waals surface area contributed by atoms with Crippen LogP contribution in [0.5, 0.6) is 0 Å². The zero-order chi connectivity index (χ0) is 16.0. The highest BCUT2D eigenvalue weighted by atomic mass is 15.2. The second kappa shape index (κ2) is 5.01. The van der Waals surface area contributed by atoms with Crippen LogP contribution in [0, 0.1) is 12.8 Å². The number of aliphatic imine (C=N–C) groups is 2. The minimum atomic E-state index is -0.512. The molecular weight excluding hydrogens is 284 g/mol. The minimum Gasteiger partial charge on any atom is -0.382 e. The van der Waals surface area contributed by atoms with Crippen LogP contribution < -0.4 is 5.73 Å². The smallest absolute Gasteiger partial charge is 0.181 e. The molecule has 116 valence electrons. The fourth-order valence-corrected chi connectivity index (χ4v) is 3.28. The molecule has 0 bridgehead atoms. The average molecular weight is 304 g/mol. The Morgan fingerprint density at radius 3 is 2.52 bits per heavy atom. The summed E-state index contributed by atoms with van der Waals surface area (Å²) >= 11 is 0. The van der Waals surface area contributed by atoms with E-state index in [1.54, 1.807) is 0 Å². The zero-order valence-electron chi connectivity index (χ0n) is 13.5. The van der Waals surface area contributed by atoms with E-state index in [-0.39, 0.29) is 0 Å². The van der Waals surface area contributed by atoms with Crippen LogP contribution in [-0.4, -0.2) is 16.5 Å². The molecule has 1 aliphatic heterocycles. The van der Waals surface area contributed by atoms with E-state index in [2.05, 4.69) is 42.2 Å². The lowest BCUT2D eigenvalue weighted by Crippen LogP contribution is -2.23. The van der Waals surface area contributed by atoms with E-state index >= 15 is 0 Å². The molecule has 0 saturated heterocycles. The molecule has 0 radical (unpaired) electrons. The number of aromatic nitrogens is 1. The van der Waals surface area contributed by atoms with Gasteiger partial charge in [0.05, 0.1) is 5.71 Å². The van der Waals surface area contributed by atoms with Crippen molar-refractivity contribution in [3.8, 4) is 11.1 Å². The highest BCUT2D eigenvalue weighted by Gasteiger charge is 2.49. The average Bonchev–Trinajstić information content (AvgIpc) is 3.35. The monoisotopic (exact) mass is 304 g/mol. The Hall–Kier alpha value is -2.49. The first-order chi connectivity index (χ1) is 11.1. The lowest BCUT2D eigenvalue weighted by atomic mass is 9.92. The Morgan fingerprint density at radius 1 is 1.04 bits per heavy atom. The van der Waals surface area contributed by atoms with Crippen LogP contribution in [0.3, 0.4) is 0 Å². The van der Waals surface area contributed by atoms with Gasteiger partial charge in [0.15, 0.2) is 5.66 Å². The fourth-order valence-electron chi connectivity index (χ4n) is 3.28. The molecule has 2 heterocycles. The van der Waals surface area contributed by atoms with Gasteiger partial charge in [-0.2, -0.15) is 0 Å². The van der Waals surface area contributed by atoms with Gasteiger partial charge in [-0.1, -0.05) is 18.2 Å². The summed E-state index contributed by atoms with van der Waals surface area (Å²) in [5.74, 6) is 1.03. The van der Waals surface area contributed by atoms with Crippen molar-refractivity contribution in [2.75, 3.05) is 0 Å².